The third-order valence-corrected chi connectivity index (χ3v) is 3.33. The molecule has 2 rings (SSSR count). The number of rotatable bonds is 1. The lowest BCUT2D eigenvalue weighted by atomic mass is 9.87. The van der Waals surface area contributed by atoms with Gasteiger partial charge in [0.2, 0.25) is 11.9 Å². The monoisotopic (exact) mass is 294 g/mol. The first-order valence-corrected chi connectivity index (χ1v) is 6.15. The van der Waals surface area contributed by atoms with Crippen molar-refractivity contribution >= 4 is 23.6 Å². The van der Waals surface area contributed by atoms with Crippen LogP contribution in [0.3, 0.4) is 0 Å². The number of nitrogen functional groups attached to an aromatic ring is 1. The second kappa shape index (κ2) is 5.04. The average Bonchev–Trinajstić information content (AvgIpc) is 2.37. The first kappa shape index (κ1) is 14.8. The van der Waals surface area contributed by atoms with Gasteiger partial charge in [-0.3, -0.25) is 15.0 Å². The Bertz CT molecular complexity index is 646. The van der Waals surface area contributed by atoms with E-state index in [0.29, 0.717) is 5.69 Å². The number of carboxylic acid groups (broad SMARTS) is 1. The number of halogens is 1. The van der Waals surface area contributed by atoms with Gasteiger partial charge in [0.15, 0.2) is 0 Å². The Morgan fingerprint density at radius 3 is 2.86 bits per heavy atom. The number of anilines is 1. The van der Waals surface area contributed by atoms with Crippen LogP contribution in [0.1, 0.15) is 18.9 Å². The molecule has 0 spiro atoms. The van der Waals surface area contributed by atoms with E-state index >= 15 is 0 Å². The minimum absolute atomic E-state index is 0.0886. The zero-order chi connectivity index (χ0) is 15.8. The zero-order valence-electron chi connectivity index (χ0n) is 11.6. The molecule has 1 aliphatic heterocycles. The molecule has 0 bridgehead atoms. The molecule has 0 aromatic heterocycles. The summed E-state index contributed by atoms with van der Waals surface area (Å²) >= 11 is 0. The van der Waals surface area contributed by atoms with Crippen LogP contribution in [0.15, 0.2) is 23.2 Å². The molecule has 1 aromatic carbocycles. The Balaban J connectivity index is 2.54. The van der Waals surface area contributed by atoms with Crippen molar-refractivity contribution in [3.63, 3.8) is 0 Å². The number of hydrogen-bond donors (Lipinski definition) is 3. The summed E-state index contributed by atoms with van der Waals surface area (Å²) in [4.78, 5) is 28.1. The molecular weight excluding hydrogens is 279 g/mol. The van der Waals surface area contributed by atoms with Crippen molar-refractivity contribution in [3.8, 4) is 0 Å². The van der Waals surface area contributed by atoms with Gasteiger partial charge in [0, 0.05) is 18.3 Å². The summed E-state index contributed by atoms with van der Waals surface area (Å²) in [6, 6.07) is 3.99. The van der Waals surface area contributed by atoms with Gasteiger partial charge in [0.25, 0.3) is 0 Å². The number of hydrogen-bond acceptors (Lipinski definition) is 4. The van der Waals surface area contributed by atoms with E-state index in [2.05, 4.69) is 4.99 Å². The van der Waals surface area contributed by atoms with Crippen molar-refractivity contribution < 1.29 is 19.1 Å². The van der Waals surface area contributed by atoms with E-state index in [4.69, 9.17) is 10.8 Å². The Hall–Kier alpha value is -2.64. The van der Waals surface area contributed by atoms with E-state index in [1.165, 1.54) is 25.2 Å². The highest BCUT2D eigenvalue weighted by Crippen LogP contribution is 2.35. The van der Waals surface area contributed by atoms with Crippen molar-refractivity contribution in [1.29, 1.82) is 0 Å². The standard InChI is InChI=1S/C13H15FN4O3/c1-13(8-5-7(15)3-4-9(8)14)6-10(19)18(2)11(17-13)16-12(20)21/h3-5H,6,15H2,1-2H3,(H,16,17)(H,20,21). The number of guanidine groups is 1. The summed E-state index contributed by atoms with van der Waals surface area (Å²) in [6.07, 6.45) is -1.44. The fourth-order valence-corrected chi connectivity index (χ4v) is 2.20. The highest BCUT2D eigenvalue weighted by molar-refractivity contribution is 6.04. The van der Waals surface area contributed by atoms with Crippen LogP contribution in [0.4, 0.5) is 14.9 Å². The van der Waals surface area contributed by atoms with Crippen molar-refractivity contribution in [3.05, 3.63) is 29.6 Å². The molecule has 0 radical (unpaired) electrons. The topological polar surface area (TPSA) is 108 Å². The Morgan fingerprint density at radius 1 is 1.57 bits per heavy atom. The molecule has 112 valence electrons. The van der Waals surface area contributed by atoms with Gasteiger partial charge in [-0.15, -0.1) is 0 Å². The molecule has 7 nitrogen and oxygen atoms in total. The molecule has 1 atom stereocenters. The normalized spacial score (nSPS) is 22.0. The lowest BCUT2D eigenvalue weighted by molar-refractivity contribution is -0.128. The van der Waals surface area contributed by atoms with E-state index < -0.39 is 17.4 Å². The molecule has 0 fully saturated rings. The Kier molecular flexibility index (Phi) is 3.54. The number of carbonyl (C=O) groups is 2. The summed E-state index contributed by atoms with van der Waals surface area (Å²) in [5.74, 6) is -1.08. The Labute approximate surface area is 120 Å². The molecule has 1 heterocycles. The van der Waals surface area contributed by atoms with Gasteiger partial charge in [0.05, 0.1) is 12.0 Å². The molecule has 1 unspecified atom stereocenters. The maximum Gasteiger partial charge on any atom is 0.411 e. The van der Waals surface area contributed by atoms with Crippen molar-refractivity contribution in [2.75, 3.05) is 12.8 Å². The number of carbonyl (C=O) groups excluding carboxylic acids is 1. The predicted molar refractivity (Wildman–Crippen MR) is 74.1 cm³/mol. The second-order valence-electron chi connectivity index (χ2n) is 5.01. The van der Waals surface area contributed by atoms with Gasteiger partial charge in [-0.05, 0) is 25.1 Å². The third-order valence-electron chi connectivity index (χ3n) is 3.33. The van der Waals surface area contributed by atoms with Gasteiger partial charge in [-0.2, -0.15) is 0 Å². The minimum atomic E-state index is -1.36. The molecule has 0 saturated heterocycles. The number of benzene rings is 1. The molecule has 8 heteroatoms. The molecule has 2 amide bonds. The van der Waals surface area contributed by atoms with Crippen LogP contribution < -0.4 is 11.1 Å². The smallest absolute Gasteiger partial charge is 0.411 e. The van der Waals surface area contributed by atoms with Crippen LogP contribution in [-0.2, 0) is 10.3 Å². The summed E-state index contributed by atoms with van der Waals surface area (Å²) in [6.45, 7) is 1.55. The van der Waals surface area contributed by atoms with E-state index in [9.17, 15) is 14.0 Å². The van der Waals surface area contributed by atoms with Crippen molar-refractivity contribution in [1.82, 2.24) is 10.2 Å². The molecule has 1 aliphatic rings. The lowest BCUT2D eigenvalue weighted by Gasteiger charge is -2.34. The SMILES string of the molecule is CN1C(=O)CC(C)(c2cc(N)ccc2F)N=C1NC(=O)O. The molecular formula is C13H15FN4O3. The maximum atomic E-state index is 14.0. The van der Waals surface area contributed by atoms with Crippen LogP contribution in [0.5, 0.6) is 0 Å². The fraction of sp³-hybridized carbons (Fsp3) is 0.308. The molecule has 0 saturated carbocycles. The number of nitrogens with two attached hydrogens (primary N) is 1. The third kappa shape index (κ3) is 2.78. The van der Waals surface area contributed by atoms with Crippen molar-refractivity contribution in [2.24, 2.45) is 4.99 Å². The first-order chi connectivity index (χ1) is 9.73. The summed E-state index contributed by atoms with van der Waals surface area (Å²) in [5, 5.41) is 10.8. The second-order valence-corrected chi connectivity index (χ2v) is 5.01. The van der Waals surface area contributed by atoms with E-state index in [1.54, 1.807) is 6.92 Å². The van der Waals surface area contributed by atoms with Crippen LogP contribution in [-0.4, -0.2) is 35.0 Å². The highest BCUT2D eigenvalue weighted by atomic mass is 19.1. The largest absolute Gasteiger partial charge is 0.465 e. The number of nitrogens with zero attached hydrogens (tertiary/aromatic N) is 2. The maximum absolute atomic E-state index is 14.0. The summed E-state index contributed by atoms with van der Waals surface area (Å²) in [5.41, 5.74) is 4.91. The van der Waals surface area contributed by atoms with Crippen LogP contribution in [0, 0.1) is 5.82 Å². The van der Waals surface area contributed by atoms with E-state index in [0.717, 1.165) is 4.90 Å². The van der Waals surface area contributed by atoms with Crippen molar-refractivity contribution in [2.45, 2.75) is 18.9 Å². The van der Waals surface area contributed by atoms with E-state index in [-0.39, 0.29) is 23.9 Å². The van der Waals surface area contributed by atoms with Crippen LogP contribution in [0.2, 0.25) is 0 Å². The van der Waals surface area contributed by atoms with Gasteiger partial charge in [-0.1, -0.05) is 0 Å². The lowest BCUT2D eigenvalue weighted by Crippen LogP contribution is -2.51. The number of nitrogens with one attached hydrogen (secondary N) is 1. The first-order valence-electron chi connectivity index (χ1n) is 6.15. The molecule has 0 aliphatic carbocycles. The minimum Gasteiger partial charge on any atom is -0.465 e. The molecule has 1 aromatic rings. The summed E-state index contributed by atoms with van der Waals surface area (Å²) in [7, 11) is 1.40. The molecule has 4 N–H and O–H groups in total. The fourth-order valence-electron chi connectivity index (χ4n) is 2.20. The summed E-state index contributed by atoms with van der Waals surface area (Å²) < 4.78 is 14.0. The van der Waals surface area contributed by atoms with Gasteiger partial charge in [-0.25, -0.2) is 14.2 Å². The van der Waals surface area contributed by atoms with Crippen LogP contribution >= 0.6 is 0 Å². The quantitative estimate of drug-likeness (QED) is 0.674. The van der Waals surface area contributed by atoms with Gasteiger partial charge >= 0.3 is 6.09 Å². The number of aliphatic imine (C=N–C) groups is 1. The van der Waals surface area contributed by atoms with E-state index in [1.807, 2.05) is 5.32 Å². The van der Waals surface area contributed by atoms with Crippen LogP contribution in [0.25, 0.3) is 0 Å². The van der Waals surface area contributed by atoms with Gasteiger partial charge < -0.3 is 10.8 Å². The predicted octanol–water partition coefficient (Wildman–Crippen LogP) is 1.11. The zero-order valence-corrected chi connectivity index (χ0v) is 11.6. The highest BCUT2D eigenvalue weighted by Gasteiger charge is 2.39. The Morgan fingerprint density at radius 2 is 2.24 bits per heavy atom. The van der Waals surface area contributed by atoms with Gasteiger partial charge in [0.1, 0.15) is 5.82 Å². The molecule has 21 heavy (non-hydrogen) atoms. The number of amides is 2. The average molecular weight is 294 g/mol.